The Morgan fingerprint density at radius 1 is 1.33 bits per heavy atom. The lowest BCUT2D eigenvalue weighted by atomic mass is 10.1. The van der Waals surface area contributed by atoms with Crippen LogP contribution >= 0.6 is 0 Å². The zero-order chi connectivity index (χ0) is 14.5. The van der Waals surface area contributed by atoms with Crippen molar-refractivity contribution in [3.8, 4) is 5.75 Å². The molecule has 1 aliphatic rings. The predicted molar refractivity (Wildman–Crippen MR) is 84.0 cm³/mol. The van der Waals surface area contributed by atoms with E-state index in [1.54, 1.807) is 7.11 Å². The molecule has 5 heteroatoms. The molecule has 0 bridgehead atoms. The van der Waals surface area contributed by atoms with Gasteiger partial charge in [0, 0.05) is 43.8 Å². The van der Waals surface area contributed by atoms with E-state index in [9.17, 15) is 0 Å². The van der Waals surface area contributed by atoms with Gasteiger partial charge in [0.05, 0.1) is 31.5 Å². The second-order valence-electron chi connectivity index (χ2n) is 5.13. The smallest absolute Gasteiger partial charge is 0.121 e. The first-order valence-electron chi connectivity index (χ1n) is 7.33. The van der Waals surface area contributed by atoms with Crippen LogP contribution in [0.4, 0.5) is 5.69 Å². The van der Waals surface area contributed by atoms with Crippen molar-refractivity contribution in [1.82, 2.24) is 9.88 Å². The van der Waals surface area contributed by atoms with Crippen LogP contribution in [0.2, 0.25) is 0 Å². The van der Waals surface area contributed by atoms with Crippen LogP contribution in [0.15, 0.2) is 30.5 Å². The van der Waals surface area contributed by atoms with Crippen LogP contribution in [0.1, 0.15) is 0 Å². The van der Waals surface area contributed by atoms with Crippen molar-refractivity contribution < 1.29 is 9.47 Å². The molecule has 112 valence electrons. The van der Waals surface area contributed by atoms with E-state index in [0.29, 0.717) is 0 Å². The molecule has 0 radical (unpaired) electrons. The summed E-state index contributed by atoms with van der Waals surface area (Å²) in [5, 5.41) is 4.57. The molecule has 0 spiro atoms. The zero-order valence-corrected chi connectivity index (χ0v) is 12.3. The molecular weight excluding hydrogens is 266 g/mol. The van der Waals surface area contributed by atoms with Crippen LogP contribution < -0.4 is 10.1 Å². The molecular formula is C16H21N3O2. The third-order valence-electron chi connectivity index (χ3n) is 3.76. The molecule has 2 heterocycles. The van der Waals surface area contributed by atoms with E-state index in [4.69, 9.17) is 9.47 Å². The number of pyridine rings is 1. The van der Waals surface area contributed by atoms with Crippen molar-refractivity contribution in [2.45, 2.75) is 0 Å². The first kappa shape index (κ1) is 14.1. The van der Waals surface area contributed by atoms with Gasteiger partial charge in [-0.2, -0.15) is 0 Å². The van der Waals surface area contributed by atoms with Crippen molar-refractivity contribution in [2.24, 2.45) is 0 Å². The normalized spacial score (nSPS) is 16.0. The number of anilines is 1. The molecule has 0 saturated carbocycles. The molecule has 5 nitrogen and oxygen atoms in total. The van der Waals surface area contributed by atoms with Gasteiger partial charge in [-0.05, 0) is 12.1 Å². The number of aromatic nitrogens is 1. The van der Waals surface area contributed by atoms with Crippen LogP contribution in [0.3, 0.4) is 0 Å². The number of nitrogens with one attached hydrogen (secondary N) is 1. The maximum absolute atomic E-state index is 5.36. The Balaban J connectivity index is 1.70. The molecule has 3 rings (SSSR count). The second kappa shape index (κ2) is 6.74. The highest BCUT2D eigenvalue weighted by Gasteiger charge is 2.10. The van der Waals surface area contributed by atoms with Gasteiger partial charge >= 0.3 is 0 Å². The largest absolute Gasteiger partial charge is 0.497 e. The fourth-order valence-electron chi connectivity index (χ4n) is 2.59. The van der Waals surface area contributed by atoms with Crippen LogP contribution in [0, 0.1) is 0 Å². The van der Waals surface area contributed by atoms with Crippen LogP contribution in [0.25, 0.3) is 10.9 Å². The highest BCUT2D eigenvalue weighted by Crippen LogP contribution is 2.27. The number of benzene rings is 1. The van der Waals surface area contributed by atoms with Crippen LogP contribution in [-0.4, -0.2) is 56.4 Å². The van der Waals surface area contributed by atoms with E-state index in [-0.39, 0.29) is 0 Å². The summed E-state index contributed by atoms with van der Waals surface area (Å²) < 4.78 is 10.7. The number of fused-ring (bicyclic) bond motifs is 1. The third kappa shape index (κ3) is 3.43. The summed E-state index contributed by atoms with van der Waals surface area (Å²) in [4.78, 5) is 6.88. The highest BCUT2D eigenvalue weighted by molar-refractivity contribution is 5.91. The summed E-state index contributed by atoms with van der Waals surface area (Å²) in [6.07, 6.45) is 1.82. The quantitative estimate of drug-likeness (QED) is 0.911. The molecule has 1 saturated heterocycles. The summed E-state index contributed by atoms with van der Waals surface area (Å²) in [7, 11) is 1.69. The summed E-state index contributed by atoms with van der Waals surface area (Å²) in [5.41, 5.74) is 2.01. The van der Waals surface area contributed by atoms with Gasteiger partial charge < -0.3 is 14.8 Å². The monoisotopic (exact) mass is 287 g/mol. The van der Waals surface area contributed by atoms with Crippen molar-refractivity contribution in [2.75, 3.05) is 51.8 Å². The van der Waals surface area contributed by atoms with E-state index >= 15 is 0 Å². The van der Waals surface area contributed by atoms with E-state index in [1.807, 2.05) is 24.4 Å². The number of nitrogens with zero attached hydrogens (tertiary/aromatic N) is 2. The Labute approximate surface area is 124 Å². The van der Waals surface area contributed by atoms with Crippen LogP contribution in [-0.2, 0) is 4.74 Å². The fourth-order valence-corrected chi connectivity index (χ4v) is 2.59. The van der Waals surface area contributed by atoms with Gasteiger partial charge in [-0.1, -0.05) is 6.07 Å². The number of rotatable bonds is 5. The lowest BCUT2D eigenvalue weighted by Crippen LogP contribution is -2.39. The van der Waals surface area contributed by atoms with Crippen molar-refractivity contribution in [3.05, 3.63) is 30.5 Å². The molecule has 0 unspecified atom stereocenters. The number of ether oxygens (including phenoxy) is 2. The van der Waals surface area contributed by atoms with E-state index in [2.05, 4.69) is 21.3 Å². The Morgan fingerprint density at radius 2 is 2.19 bits per heavy atom. The Kier molecular flexibility index (Phi) is 4.52. The Hall–Kier alpha value is -1.85. The SMILES string of the molecule is COc1cc(NCCN2CCOCC2)c2ncccc2c1. The minimum Gasteiger partial charge on any atom is -0.497 e. The standard InChI is InChI=1S/C16H21N3O2/c1-20-14-11-13-3-2-4-18-16(13)15(12-14)17-5-6-19-7-9-21-10-8-19/h2-4,11-12,17H,5-10H2,1H3. The first-order valence-corrected chi connectivity index (χ1v) is 7.33. The minimum absolute atomic E-state index is 0.837. The van der Waals surface area contributed by atoms with Gasteiger partial charge in [0.25, 0.3) is 0 Å². The number of hydrogen-bond donors (Lipinski definition) is 1. The zero-order valence-electron chi connectivity index (χ0n) is 12.3. The van der Waals surface area contributed by atoms with E-state index in [1.165, 1.54) is 0 Å². The highest BCUT2D eigenvalue weighted by atomic mass is 16.5. The van der Waals surface area contributed by atoms with Gasteiger partial charge in [0.15, 0.2) is 0 Å². The molecule has 1 aromatic carbocycles. The van der Waals surface area contributed by atoms with Crippen molar-refractivity contribution in [1.29, 1.82) is 0 Å². The molecule has 1 N–H and O–H groups in total. The average molecular weight is 287 g/mol. The van der Waals surface area contributed by atoms with Gasteiger partial charge in [-0.15, -0.1) is 0 Å². The minimum atomic E-state index is 0.837. The van der Waals surface area contributed by atoms with Gasteiger partial charge in [0.1, 0.15) is 5.75 Å². The molecule has 2 aromatic rings. The molecule has 1 aromatic heterocycles. The summed E-state index contributed by atoms with van der Waals surface area (Å²) >= 11 is 0. The average Bonchev–Trinajstić information content (AvgIpc) is 2.55. The molecule has 0 atom stereocenters. The van der Waals surface area contributed by atoms with Crippen molar-refractivity contribution >= 4 is 16.6 Å². The number of methoxy groups -OCH3 is 1. The van der Waals surface area contributed by atoms with E-state index in [0.717, 1.165) is 61.7 Å². The maximum Gasteiger partial charge on any atom is 0.121 e. The molecule has 0 amide bonds. The molecule has 21 heavy (non-hydrogen) atoms. The molecule has 1 fully saturated rings. The van der Waals surface area contributed by atoms with Crippen LogP contribution in [0.5, 0.6) is 5.75 Å². The third-order valence-corrected chi connectivity index (χ3v) is 3.76. The number of morpholine rings is 1. The first-order chi connectivity index (χ1) is 10.4. The van der Waals surface area contributed by atoms with E-state index < -0.39 is 0 Å². The van der Waals surface area contributed by atoms with Gasteiger partial charge in [-0.25, -0.2) is 0 Å². The topological polar surface area (TPSA) is 46.6 Å². The maximum atomic E-state index is 5.36. The fraction of sp³-hybridized carbons (Fsp3) is 0.438. The van der Waals surface area contributed by atoms with Gasteiger partial charge in [0.2, 0.25) is 0 Å². The lowest BCUT2D eigenvalue weighted by molar-refractivity contribution is 0.0398. The molecule has 0 aliphatic carbocycles. The Bertz CT molecular complexity index is 597. The van der Waals surface area contributed by atoms with Crippen molar-refractivity contribution in [3.63, 3.8) is 0 Å². The lowest BCUT2D eigenvalue weighted by Gasteiger charge is -2.26. The summed E-state index contributed by atoms with van der Waals surface area (Å²) in [6.45, 7) is 5.60. The number of hydrogen-bond acceptors (Lipinski definition) is 5. The van der Waals surface area contributed by atoms with Gasteiger partial charge in [-0.3, -0.25) is 9.88 Å². The second-order valence-corrected chi connectivity index (χ2v) is 5.13. The Morgan fingerprint density at radius 3 is 3.00 bits per heavy atom. The molecule has 1 aliphatic heterocycles. The predicted octanol–water partition coefficient (Wildman–Crippen LogP) is 1.99. The summed E-state index contributed by atoms with van der Waals surface area (Å²) in [5.74, 6) is 0.851. The summed E-state index contributed by atoms with van der Waals surface area (Å²) in [6, 6.07) is 8.02.